The van der Waals surface area contributed by atoms with Crippen molar-refractivity contribution in [2.75, 3.05) is 13.6 Å². The molecule has 18 heavy (non-hydrogen) atoms. The first kappa shape index (κ1) is 13.7. The van der Waals surface area contributed by atoms with Gasteiger partial charge in [-0.3, -0.25) is 0 Å². The third-order valence-corrected chi connectivity index (χ3v) is 4.44. The molecular weight excluding hydrogens is 294 g/mol. The van der Waals surface area contributed by atoms with E-state index < -0.39 is 0 Å². The van der Waals surface area contributed by atoms with Crippen molar-refractivity contribution < 1.29 is 10.2 Å². The first-order valence-electron chi connectivity index (χ1n) is 6.42. The number of halogens is 1. The van der Waals surface area contributed by atoms with Crippen LogP contribution >= 0.6 is 17.0 Å². The van der Waals surface area contributed by atoms with Crippen molar-refractivity contribution in [3.63, 3.8) is 0 Å². The second-order valence-electron chi connectivity index (χ2n) is 5.34. The molecule has 100 valence electrons. The molecule has 1 aliphatic heterocycles. The van der Waals surface area contributed by atoms with Crippen molar-refractivity contribution in [1.29, 1.82) is 0 Å². The van der Waals surface area contributed by atoms with E-state index in [-0.39, 0.29) is 28.5 Å². The smallest absolute Gasteiger partial charge is 0.160 e. The van der Waals surface area contributed by atoms with E-state index in [1.54, 1.807) is 6.07 Å². The van der Waals surface area contributed by atoms with Gasteiger partial charge in [0.25, 0.3) is 0 Å². The van der Waals surface area contributed by atoms with Gasteiger partial charge in [0.15, 0.2) is 11.5 Å². The van der Waals surface area contributed by atoms with Crippen molar-refractivity contribution in [2.24, 2.45) is 0 Å². The third-order valence-electron chi connectivity index (χ3n) is 4.44. The van der Waals surface area contributed by atoms with Gasteiger partial charge in [0.2, 0.25) is 0 Å². The Morgan fingerprint density at radius 1 is 1.22 bits per heavy atom. The number of hydrogen-bond acceptors (Lipinski definition) is 3. The highest BCUT2D eigenvalue weighted by atomic mass is 79.9. The Bertz CT molecular complexity index is 450. The Balaban J connectivity index is 0.00000120. The summed E-state index contributed by atoms with van der Waals surface area (Å²) in [5, 5.41) is 19.5. The number of nitrogens with zero attached hydrogens (tertiary/aromatic N) is 1. The molecule has 0 amide bonds. The molecule has 1 aromatic carbocycles. The zero-order valence-corrected chi connectivity index (χ0v) is 12.3. The van der Waals surface area contributed by atoms with Crippen molar-refractivity contribution in [2.45, 2.75) is 37.6 Å². The fourth-order valence-corrected chi connectivity index (χ4v) is 3.55. The molecule has 1 heterocycles. The molecule has 2 atom stereocenters. The van der Waals surface area contributed by atoms with Crippen LogP contribution < -0.4 is 0 Å². The lowest BCUT2D eigenvalue weighted by molar-refractivity contribution is 0.143. The van der Waals surface area contributed by atoms with Crippen LogP contribution in [-0.4, -0.2) is 34.7 Å². The molecule has 0 bridgehead atoms. The van der Waals surface area contributed by atoms with E-state index in [2.05, 4.69) is 11.9 Å². The van der Waals surface area contributed by atoms with E-state index in [9.17, 15) is 10.2 Å². The van der Waals surface area contributed by atoms with Crippen molar-refractivity contribution in [3.05, 3.63) is 23.3 Å². The second kappa shape index (κ2) is 5.10. The second-order valence-corrected chi connectivity index (χ2v) is 5.34. The molecular formula is C14H20BrNO2. The molecule has 1 saturated heterocycles. The molecule has 3 nitrogen and oxygen atoms in total. The minimum Gasteiger partial charge on any atom is -0.504 e. The number of hydrogen-bond donors (Lipinski definition) is 2. The fraction of sp³-hybridized carbons (Fsp3) is 0.571. The van der Waals surface area contributed by atoms with E-state index >= 15 is 0 Å². The summed E-state index contributed by atoms with van der Waals surface area (Å²) in [6.07, 6.45) is 4.39. The zero-order chi connectivity index (χ0) is 12.0. The molecule has 0 unspecified atom stereocenters. The summed E-state index contributed by atoms with van der Waals surface area (Å²) in [6, 6.07) is 4.24. The lowest BCUT2D eigenvalue weighted by Gasteiger charge is -2.43. The summed E-state index contributed by atoms with van der Waals surface area (Å²) >= 11 is 0. The monoisotopic (exact) mass is 313 g/mol. The quantitative estimate of drug-likeness (QED) is 0.724. The Hall–Kier alpha value is -0.740. The topological polar surface area (TPSA) is 43.7 Å². The van der Waals surface area contributed by atoms with Gasteiger partial charge in [0, 0.05) is 11.6 Å². The van der Waals surface area contributed by atoms with E-state index in [1.165, 1.54) is 24.9 Å². The van der Waals surface area contributed by atoms with Gasteiger partial charge >= 0.3 is 0 Å². The number of rotatable bonds is 0. The highest BCUT2D eigenvalue weighted by Gasteiger charge is 2.35. The summed E-state index contributed by atoms with van der Waals surface area (Å²) < 4.78 is 0. The van der Waals surface area contributed by atoms with Gasteiger partial charge in [-0.15, -0.1) is 17.0 Å². The summed E-state index contributed by atoms with van der Waals surface area (Å²) in [5.41, 5.74) is 2.23. The highest BCUT2D eigenvalue weighted by Crippen LogP contribution is 2.45. The Labute approximate surface area is 118 Å². The average molecular weight is 314 g/mol. The van der Waals surface area contributed by atoms with Crippen LogP contribution in [0.5, 0.6) is 11.5 Å². The normalized spacial score (nSPS) is 26.9. The number of fused-ring (bicyclic) bond motifs is 3. The van der Waals surface area contributed by atoms with Crippen molar-refractivity contribution in [1.82, 2.24) is 4.90 Å². The van der Waals surface area contributed by atoms with Crippen LogP contribution in [0.1, 0.15) is 36.3 Å². The molecule has 0 radical (unpaired) electrons. The van der Waals surface area contributed by atoms with Crippen LogP contribution in [0.3, 0.4) is 0 Å². The van der Waals surface area contributed by atoms with Crippen molar-refractivity contribution >= 4 is 17.0 Å². The summed E-state index contributed by atoms with van der Waals surface area (Å²) in [7, 11) is 2.20. The first-order valence-corrected chi connectivity index (χ1v) is 6.42. The molecule has 2 aliphatic rings. The highest BCUT2D eigenvalue weighted by molar-refractivity contribution is 8.93. The van der Waals surface area contributed by atoms with Crippen LogP contribution in [0, 0.1) is 0 Å². The van der Waals surface area contributed by atoms with Gasteiger partial charge in [-0.05, 0) is 56.8 Å². The molecule has 2 N–H and O–H groups in total. The van der Waals surface area contributed by atoms with E-state index in [4.69, 9.17) is 0 Å². The molecule has 1 fully saturated rings. The first-order chi connectivity index (χ1) is 8.18. The lowest BCUT2D eigenvalue weighted by atomic mass is 9.74. The van der Waals surface area contributed by atoms with Gasteiger partial charge in [-0.2, -0.15) is 0 Å². The largest absolute Gasteiger partial charge is 0.504 e. The number of benzene rings is 1. The van der Waals surface area contributed by atoms with Crippen molar-refractivity contribution in [3.8, 4) is 11.5 Å². The molecule has 1 aromatic rings. The molecule has 0 spiro atoms. The van der Waals surface area contributed by atoms with Crippen LogP contribution in [0.2, 0.25) is 0 Å². The minimum atomic E-state index is 0. The number of phenolic OH excluding ortho intramolecular Hbond substituents is 2. The molecule has 0 saturated carbocycles. The lowest BCUT2D eigenvalue weighted by Crippen LogP contribution is -2.43. The van der Waals surface area contributed by atoms with Gasteiger partial charge in [0.05, 0.1) is 0 Å². The number of phenols is 2. The minimum absolute atomic E-state index is 0. The van der Waals surface area contributed by atoms with Crippen LogP contribution in [-0.2, 0) is 6.42 Å². The molecule has 3 rings (SSSR count). The number of likely N-dealkylation sites (tertiary alicyclic amines) is 1. The third kappa shape index (κ3) is 2.01. The molecule has 1 aliphatic carbocycles. The predicted molar refractivity (Wildman–Crippen MR) is 76.8 cm³/mol. The maximum absolute atomic E-state index is 9.94. The fourth-order valence-electron chi connectivity index (χ4n) is 3.55. The zero-order valence-electron chi connectivity index (χ0n) is 10.6. The Morgan fingerprint density at radius 3 is 2.78 bits per heavy atom. The summed E-state index contributed by atoms with van der Waals surface area (Å²) in [5.74, 6) is 0.657. The van der Waals surface area contributed by atoms with Crippen LogP contribution in [0.4, 0.5) is 0 Å². The van der Waals surface area contributed by atoms with Gasteiger partial charge in [-0.1, -0.05) is 6.07 Å². The van der Waals surface area contributed by atoms with E-state index in [0.29, 0.717) is 12.0 Å². The summed E-state index contributed by atoms with van der Waals surface area (Å²) in [4.78, 5) is 2.45. The molecule has 4 heteroatoms. The SMILES string of the molecule is Br.CN1CCC[C@@H]2c3ccc(O)c(O)c3CC[C@@H]21. The molecule has 0 aromatic heterocycles. The van der Waals surface area contributed by atoms with Gasteiger partial charge < -0.3 is 15.1 Å². The Morgan fingerprint density at radius 2 is 2.00 bits per heavy atom. The van der Waals surface area contributed by atoms with Crippen LogP contribution in [0.25, 0.3) is 0 Å². The van der Waals surface area contributed by atoms with E-state index in [0.717, 1.165) is 18.4 Å². The predicted octanol–water partition coefficient (Wildman–Crippen LogP) is 2.80. The van der Waals surface area contributed by atoms with Crippen LogP contribution in [0.15, 0.2) is 12.1 Å². The number of likely N-dealkylation sites (N-methyl/N-ethyl adjacent to an activating group) is 1. The van der Waals surface area contributed by atoms with Gasteiger partial charge in [0.1, 0.15) is 0 Å². The Kier molecular flexibility index (Phi) is 3.87. The maximum Gasteiger partial charge on any atom is 0.160 e. The summed E-state index contributed by atoms with van der Waals surface area (Å²) in [6.45, 7) is 1.18. The number of aromatic hydroxyl groups is 2. The standard InChI is InChI=1S/C14H19NO2.BrH/c1-15-8-2-3-10-9-5-7-13(16)14(17)11(9)4-6-12(10)15;/h5,7,10,12,16-17H,2-4,6,8H2,1H3;1H/t10-,12+;/m1./s1. The average Bonchev–Trinajstić information content (AvgIpc) is 2.34. The van der Waals surface area contributed by atoms with Gasteiger partial charge in [-0.25, -0.2) is 0 Å². The van der Waals surface area contributed by atoms with E-state index in [1.807, 2.05) is 6.07 Å². The maximum atomic E-state index is 9.94. The number of piperidine rings is 1.